The van der Waals surface area contributed by atoms with Gasteiger partial charge in [0.15, 0.2) is 0 Å². The number of alkyl carbamates (subject to hydrolysis) is 2. The van der Waals surface area contributed by atoms with Gasteiger partial charge < -0.3 is 30.7 Å². The predicted molar refractivity (Wildman–Crippen MR) is 153 cm³/mol. The van der Waals surface area contributed by atoms with E-state index in [1.165, 1.54) is 0 Å². The molecule has 39 heavy (non-hydrogen) atoms. The standard InChI is InChI=1S/C30H40N4O5/c1-6-8-18-31-27(35)26(20-32-28(36)39-30(3,4)5)33-24-17-12-16-23(19-24)25(13-7-2)34-29(37)38-21-22-14-10-9-11-15-22/h6-7,9-12,14-17,19,25-26,33H,1-2,8,13,18,20-21H2,3-5H3,(H,31,35)(H,32,36)(H,34,37)/t25?,26-/m1/s1. The quantitative estimate of drug-likeness (QED) is 0.194. The molecule has 9 nitrogen and oxygen atoms in total. The van der Waals surface area contributed by atoms with Crippen LogP contribution in [-0.2, 0) is 20.9 Å². The second kappa shape index (κ2) is 15.9. The molecule has 9 heteroatoms. The van der Waals surface area contributed by atoms with Gasteiger partial charge in [0.1, 0.15) is 18.2 Å². The van der Waals surface area contributed by atoms with Gasteiger partial charge >= 0.3 is 12.2 Å². The second-order valence-electron chi connectivity index (χ2n) is 9.86. The van der Waals surface area contributed by atoms with Crippen LogP contribution in [0.15, 0.2) is 79.9 Å². The van der Waals surface area contributed by atoms with Crippen LogP contribution in [0.2, 0.25) is 0 Å². The van der Waals surface area contributed by atoms with Crippen molar-refractivity contribution in [2.75, 3.05) is 18.4 Å². The van der Waals surface area contributed by atoms with Crippen LogP contribution in [-0.4, -0.2) is 42.8 Å². The summed E-state index contributed by atoms with van der Waals surface area (Å²) in [5.74, 6) is -0.288. The average Bonchev–Trinajstić information content (AvgIpc) is 2.89. The van der Waals surface area contributed by atoms with Crippen molar-refractivity contribution in [3.63, 3.8) is 0 Å². The molecule has 0 aliphatic carbocycles. The van der Waals surface area contributed by atoms with Gasteiger partial charge in [-0.2, -0.15) is 0 Å². The van der Waals surface area contributed by atoms with Crippen molar-refractivity contribution < 1.29 is 23.9 Å². The summed E-state index contributed by atoms with van der Waals surface area (Å²) >= 11 is 0. The van der Waals surface area contributed by atoms with Crippen LogP contribution in [0.4, 0.5) is 15.3 Å². The van der Waals surface area contributed by atoms with E-state index in [-0.39, 0.29) is 19.1 Å². The van der Waals surface area contributed by atoms with E-state index in [1.54, 1.807) is 39.0 Å². The fourth-order valence-electron chi connectivity index (χ4n) is 3.53. The van der Waals surface area contributed by atoms with E-state index in [9.17, 15) is 14.4 Å². The van der Waals surface area contributed by atoms with Crippen LogP contribution >= 0.6 is 0 Å². The van der Waals surface area contributed by atoms with E-state index in [0.717, 1.165) is 11.1 Å². The molecule has 0 saturated heterocycles. The lowest BCUT2D eigenvalue weighted by atomic mass is 10.0. The SMILES string of the molecule is C=CCCNC(=O)[C@@H](CNC(=O)OC(C)(C)C)Nc1cccc(C(CC=C)NC(=O)OCc2ccccc2)c1. The molecular weight excluding hydrogens is 496 g/mol. The summed E-state index contributed by atoms with van der Waals surface area (Å²) in [5, 5.41) is 11.6. The smallest absolute Gasteiger partial charge is 0.407 e. The van der Waals surface area contributed by atoms with E-state index in [1.807, 2.05) is 48.5 Å². The molecule has 2 aromatic carbocycles. The Bertz CT molecular complexity index is 1100. The third-order valence-electron chi connectivity index (χ3n) is 5.35. The van der Waals surface area contributed by atoms with Crippen LogP contribution in [0.5, 0.6) is 0 Å². The van der Waals surface area contributed by atoms with Crippen molar-refractivity contribution in [2.45, 2.75) is 57.9 Å². The summed E-state index contributed by atoms with van der Waals surface area (Å²) in [5.41, 5.74) is 1.65. The van der Waals surface area contributed by atoms with Crippen molar-refractivity contribution in [2.24, 2.45) is 0 Å². The van der Waals surface area contributed by atoms with Gasteiger partial charge in [0, 0.05) is 12.2 Å². The molecule has 210 valence electrons. The molecule has 0 spiro atoms. The fourth-order valence-corrected chi connectivity index (χ4v) is 3.53. The number of hydrogen-bond acceptors (Lipinski definition) is 6. The third-order valence-corrected chi connectivity index (χ3v) is 5.35. The zero-order valence-electron chi connectivity index (χ0n) is 23.0. The number of rotatable bonds is 14. The number of ether oxygens (including phenoxy) is 2. The predicted octanol–water partition coefficient (Wildman–Crippen LogP) is 5.23. The molecule has 0 bridgehead atoms. The summed E-state index contributed by atoms with van der Waals surface area (Å²) in [4.78, 5) is 37.6. The molecule has 3 amide bonds. The molecule has 1 unspecified atom stereocenters. The third kappa shape index (κ3) is 12.2. The van der Waals surface area contributed by atoms with Crippen LogP contribution < -0.4 is 21.3 Å². The highest BCUT2D eigenvalue weighted by Crippen LogP contribution is 2.22. The van der Waals surface area contributed by atoms with Crippen molar-refractivity contribution in [1.29, 1.82) is 0 Å². The molecule has 0 saturated carbocycles. The van der Waals surface area contributed by atoms with E-state index < -0.39 is 29.9 Å². The Balaban J connectivity index is 2.10. The summed E-state index contributed by atoms with van der Waals surface area (Å²) in [6, 6.07) is 15.6. The zero-order valence-corrected chi connectivity index (χ0v) is 23.0. The Morgan fingerprint density at radius 3 is 2.36 bits per heavy atom. The first-order chi connectivity index (χ1) is 18.6. The molecule has 0 aliphatic heterocycles. The van der Waals surface area contributed by atoms with Gasteiger partial charge in [-0.25, -0.2) is 9.59 Å². The number of hydrogen-bond donors (Lipinski definition) is 4. The van der Waals surface area contributed by atoms with E-state index >= 15 is 0 Å². The summed E-state index contributed by atoms with van der Waals surface area (Å²) in [6.07, 6.45) is 3.33. The fraction of sp³-hybridized carbons (Fsp3) is 0.367. The van der Waals surface area contributed by atoms with E-state index in [0.29, 0.717) is 25.1 Å². The van der Waals surface area contributed by atoms with Crippen LogP contribution in [0.1, 0.15) is 50.8 Å². The monoisotopic (exact) mass is 536 g/mol. The maximum atomic E-state index is 12.9. The number of anilines is 1. The van der Waals surface area contributed by atoms with Crippen LogP contribution in [0.3, 0.4) is 0 Å². The Morgan fingerprint density at radius 2 is 1.69 bits per heavy atom. The molecule has 0 aromatic heterocycles. The number of benzene rings is 2. The number of carbonyl (C=O) groups excluding carboxylic acids is 3. The Kier molecular flexibility index (Phi) is 12.6. The van der Waals surface area contributed by atoms with E-state index in [2.05, 4.69) is 34.4 Å². The van der Waals surface area contributed by atoms with Gasteiger partial charge in [-0.1, -0.05) is 54.6 Å². The number of carbonyl (C=O) groups is 3. The molecule has 2 aromatic rings. The highest BCUT2D eigenvalue weighted by atomic mass is 16.6. The average molecular weight is 537 g/mol. The largest absolute Gasteiger partial charge is 0.445 e. The van der Waals surface area contributed by atoms with E-state index in [4.69, 9.17) is 9.47 Å². The summed E-state index contributed by atoms with van der Waals surface area (Å²) in [6.45, 7) is 13.3. The minimum atomic E-state index is -0.778. The van der Waals surface area contributed by atoms with Gasteiger partial charge in [0.2, 0.25) is 5.91 Å². The highest BCUT2D eigenvalue weighted by molar-refractivity contribution is 5.85. The van der Waals surface area contributed by atoms with Crippen molar-refractivity contribution >= 4 is 23.8 Å². The molecule has 2 atom stereocenters. The molecular formula is C30H40N4O5. The molecule has 2 rings (SSSR count). The van der Waals surface area contributed by atoms with Gasteiger partial charge in [-0.15, -0.1) is 13.2 Å². The molecule has 0 aliphatic rings. The minimum Gasteiger partial charge on any atom is -0.445 e. The summed E-state index contributed by atoms with van der Waals surface area (Å²) < 4.78 is 10.7. The Labute approximate surface area is 231 Å². The molecule has 0 heterocycles. The normalized spacial score (nSPS) is 12.3. The van der Waals surface area contributed by atoms with Crippen molar-refractivity contribution in [3.8, 4) is 0 Å². The lowest BCUT2D eigenvalue weighted by Gasteiger charge is -2.24. The first kappa shape index (κ1) is 31.0. The van der Waals surface area contributed by atoms with Gasteiger partial charge in [-0.05, 0) is 56.9 Å². The van der Waals surface area contributed by atoms with Gasteiger partial charge in [0.05, 0.1) is 12.6 Å². The zero-order chi connectivity index (χ0) is 28.7. The Morgan fingerprint density at radius 1 is 0.949 bits per heavy atom. The van der Waals surface area contributed by atoms with Crippen LogP contribution in [0.25, 0.3) is 0 Å². The molecule has 0 fully saturated rings. The van der Waals surface area contributed by atoms with Gasteiger partial charge in [-0.3, -0.25) is 4.79 Å². The highest BCUT2D eigenvalue weighted by Gasteiger charge is 2.22. The number of nitrogens with one attached hydrogen (secondary N) is 4. The first-order valence-electron chi connectivity index (χ1n) is 12.9. The van der Waals surface area contributed by atoms with Crippen LogP contribution in [0, 0.1) is 0 Å². The maximum absolute atomic E-state index is 12.9. The lowest BCUT2D eigenvalue weighted by molar-refractivity contribution is -0.121. The molecule has 0 radical (unpaired) electrons. The minimum absolute atomic E-state index is 0.000782. The lowest BCUT2D eigenvalue weighted by Crippen LogP contribution is -2.48. The first-order valence-corrected chi connectivity index (χ1v) is 12.9. The topological polar surface area (TPSA) is 118 Å². The summed E-state index contributed by atoms with van der Waals surface area (Å²) in [7, 11) is 0. The maximum Gasteiger partial charge on any atom is 0.407 e. The Hall–Kier alpha value is -4.27. The van der Waals surface area contributed by atoms with Crippen molar-refractivity contribution in [3.05, 3.63) is 91.0 Å². The second-order valence-corrected chi connectivity index (χ2v) is 9.86. The van der Waals surface area contributed by atoms with Crippen molar-refractivity contribution in [1.82, 2.24) is 16.0 Å². The molecule has 4 N–H and O–H groups in total. The van der Waals surface area contributed by atoms with Gasteiger partial charge in [0.25, 0.3) is 0 Å². The number of amides is 3.